The van der Waals surface area contributed by atoms with Gasteiger partial charge in [-0.1, -0.05) is 48.5 Å². The highest BCUT2D eigenvalue weighted by Crippen LogP contribution is 2.20. The molecule has 3 aromatic carbocycles. The van der Waals surface area contributed by atoms with E-state index in [4.69, 9.17) is 10.5 Å². The fourth-order valence-electron chi connectivity index (χ4n) is 3.64. The third-order valence-corrected chi connectivity index (χ3v) is 5.41. The molecule has 2 amide bonds. The number of hydrogen-bond acceptors (Lipinski definition) is 5. The van der Waals surface area contributed by atoms with Crippen molar-refractivity contribution in [3.05, 3.63) is 101 Å². The number of rotatable bonds is 10. The van der Waals surface area contributed by atoms with Crippen molar-refractivity contribution < 1.29 is 14.3 Å². The number of aromatic nitrogens is 1. The van der Waals surface area contributed by atoms with Crippen molar-refractivity contribution in [2.75, 3.05) is 12.0 Å². The van der Waals surface area contributed by atoms with Gasteiger partial charge in [0.25, 0.3) is 0 Å². The van der Waals surface area contributed by atoms with Crippen LogP contribution < -0.4 is 16.5 Å². The van der Waals surface area contributed by atoms with Crippen LogP contribution in [0.5, 0.6) is 0 Å². The van der Waals surface area contributed by atoms with Gasteiger partial charge in [0.2, 0.25) is 5.91 Å². The molecule has 0 aliphatic rings. The Hall–Kier alpha value is -4.59. The number of aromatic amines is 1. The van der Waals surface area contributed by atoms with E-state index in [1.165, 1.54) is 0 Å². The molecule has 0 bridgehead atoms. The number of hydrazone groups is 1. The van der Waals surface area contributed by atoms with Crippen LogP contribution in [0.2, 0.25) is 0 Å². The Morgan fingerprint density at radius 1 is 1.00 bits per heavy atom. The summed E-state index contributed by atoms with van der Waals surface area (Å²) in [6, 6.07) is 23.0. The number of alkyl carbamates (subject to hydrolysis) is 1. The van der Waals surface area contributed by atoms with Crippen LogP contribution in [0.1, 0.15) is 22.3 Å². The number of hydrogen-bond donors (Lipinski definition) is 4. The van der Waals surface area contributed by atoms with Gasteiger partial charge < -0.3 is 20.8 Å². The number of anilines is 1. The molecule has 1 aromatic heterocycles. The van der Waals surface area contributed by atoms with Crippen LogP contribution in [0.25, 0.3) is 10.9 Å². The number of primary amides is 1. The molecule has 8 heteroatoms. The summed E-state index contributed by atoms with van der Waals surface area (Å²) < 4.78 is 5.26. The first-order valence-corrected chi connectivity index (χ1v) is 11.3. The predicted octanol–water partition coefficient (Wildman–Crippen LogP) is 4.11. The molecule has 0 radical (unpaired) electrons. The van der Waals surface area contributed by atoms with E-state index in [1.54, 1.807) is 6.21 Å². The Labute approximate surface area is 203 Å². The van der Waals surface area contributed by atoms with Crippen LogP contribution in [0.15, 0.2) is 84.1 Å². The summed E-state index contributed by atoms with van der Waals surface area (Å²) in [5.41, 5.74) is 13.9. The maximum absolute atomic E-state index is 12.0. The van der Waals surface area contributed by atoms with Gasteiger partial charge >= 0.3 is 6.09 Å². The van der Waals surface area contributed by atoms with Crippen molar-refractivity contribution in [3.8, 4) is 0 Å². The second-order valence-corrected chi connectivity index (χ2v) is 8.07. The fraction of sp³-hybridized carbons (Fsp3) is 0.148. The summed E-state index contributed by atoms with van der Waals surface area (Å²) >= 11 is 0. The topological polar surface area (TPSA) is 122 Å². The first-order chi connectivity index (χ1) is 17.1. The van der Waals surface area contributed by atoms with E-state index in [0.29, 0.717) is 13.0 Å². The first kappa shape index (κ1) is 23.6. The number of ether oxygens (including phenoxy) is 1. The summed E-state index contributed by atoms with van der Waals surface area (Å²) in [5, 5.41) is 8.18. The van der Waals surface area contributed by atoms with Gasteiger partial charge in [0.05, 0.1) is 18.3 Å². The molecule has 35 heavy (non-hydrogen) atoms. The number of nitrogens with zero attached hydrogens (tertiary/aromatic N) is 1. The summed E-state index contributed by atoms with van der Waals surface area (Å²) in [5.74, 6) is -0.359. The lowest BCUT2D eigenvalue weighted by atomic mass is 10.1. The van der Waals surface area contributed by atoms with E-state index in [1.807, 2.05) is 72.9 Å². The maximum atomic E-state index is 12.0. The summed E-state index contributed by atoms with van der Waals surface area (Å²) in [6.07, 6.45) is 4.14. The fourth-order valence-corrected chi connectivity index (χ4v) is 3.64. The number of fused-ring (bicyclic) bond motifs is 1. The van der Waals surface area contributed by atoms with Crippen molar-refractivity contribution in [1.82, 2.24) is 10.3 Å². The number of nitrogens with one attached hydrogen (secondary N) is 3. The first-order valence-electron chi connectivity index (χ1n) is 11.3. The molecule has 4 aromatic rings. The van der Waals surface area contributed by atoms with E-state index in [0.717, 1.165) is 38.8 Å². The Morgan fingerprint density at radius 2 is 1.80 bits per heavy atom. The molecule has 0 saturated heterocycles. The molecule has 0 aliphatic heterocycles. The van der Waals surface area contributed by atoms with Crippen LogP contribution in [-0.4, -0.2) is 29.7 Å². The van der Waals surface area contributed by atoms with Gasteiger partial charge in [-0.3, -0.25) is 10.2 Å². The minimum atomic E-state index is -0.435. The zero-order valence-corrected chi connectivity index (χ0v) is 19.2. The van der Waals surface area contributed by atoms with Crippen LogP contribution >= 0.6 is 0 Å². The highest BCUT2D eigenvalue weighted by molar-refractivity contribution is 5.91. The average Bonchev–Trinajstić information content (AvgIpc) is 3.26. The van der Waals surface area contributed by atoms with Crippen LogP contribution in [0.4, 0.5) is 10.5 Å². The molecule has 5 N–H and O–H groups in total. The Kier molecular flexibility index (Phi) is 7.75. The second kappa shape index (κ2) is 11.5. The van der Waals surface area contributed by atoms with Crippen LogP contribution in [-0.2, 0) is 29.0 Å². The van der Waals surface area contributed by atoms with Gasteiger partial charge in [-0.25, -0.2) is 4.79 Å². The molecule has 0 spiro atoms. The smallest absolute Gasteiger partial charge is 0.407 e. The van der Waals surface area contributed by atoms with Gasteiger partial charge in [0.1, 0.15) is 6.61 Å². The Balaban J connectivity index is 1.29. The Bertz CT molecular complexity index is 1310. The summed E-state index contributed by atoms with van der Waals surface area (Å²) in [6.45, 7) is 0.709. The number of amides is 2. The van der Waals surface area contributed by atoms with Gasteiger partial charge in [-0.2, -0.15) is 5.10 Å². The third kappa shape index (κ3) is 6.94. The van der Waals surface area contributed by atoms with E-state index in [-0.39, 0.29) is 18.9 Å². The normalized spacial score (nSPS) is 11.0. The number of carbonyl (C=O) groups excluding carboxylic acids is 2. The summed E-state index contributed by atoms with van der Waals surface area (Å²) in [4.78, 5) is 26.2. The predicted molar refractivity (Wildman–Crippen MR) is 137 cm³/mol. The number of H-pyrrole nitrogens is 1. The van der Waals surface area contributed by atoms with Gasteiger partial charge in [0, 0.05) is 23.6 Å². The molecule has 1 heterocycles. The van der Waals surface area contributed by atoms with Crippen LogP contribution in [0, 0.1) is 0 Å². The highest BCUT2D eigenvalue weighted by atomic mass is 16.5. The van der Waals surface area contributed by atoms with Crippen molar-refractivity contribution in [2.24, 2.45) is 10.8 Å². The van der Waals surface area contributed by atoms with Crippen molar-refractivity contribution in [3.63, 3.8) is 0 Å². The molecule has 0 aliphatic carbocycles. The SMILES string of the molecule is NC(=O)Cc1ccc(NN=Cc2ccc3[nH]cc(CCNC(=O)OCc4ccccc4)c3c2)cc1. The largest absolute Gasteiger partial charge is 0.445 e. The molecule has 8 nitrogen and oxygen atoms in total. The van der Waals surface area contributed by atoms with E-state index >= 15 is 0 Å². The van der Waals surface area contributed by atoms with E-state index in [2.05, 4.69) is 26.9 Å². The van der Waals surface area contributed by atoms with Crippen molar-refractivity contribution >= 4 is 34.8 Å². The number of benzene rings is 3. The molecule has 178 valence electrons. The monoisotopic (exact) mass is 469 g/mol. The second-order valence-electron chi connectivity index (χ2n) is 8.07. The molecule has 0 saturated carbocycles. The lowest BCUT2D eigenvalue weighted by molar-refractivity contribution is -0.117. The third-order valence-electron chi connectivity index (χ3n) is 5.41. The minimum Gasteiger partial charge on any atom is -0.445 e. The van der Waals surface area contributed by atoms with Gasteiger partial charge in [0.15, 0.2) is 0 Å². The number of carbonyl (C=O) groups is 2. The van der Waals surface area contributed by atoms with Crippen molar-refractivity contribution in [1.29, 1.82) is 0 Å². The lowest BCUT2D eigenvalue weighted by Crippen LogP contribution is -2.26. The highest BCUT2D eigenvalue weighted by Gasteiger charge is 2.07. The van der Waals surface area contributed by atoms with Crippen molar-refractivity contribution in [2.45, 2.75) is 19.4 Å². The quantitative estimate of drug-likeness (QED) is 0.206. The lowest BCUT2D eigenvalue weighted by Gasteiger charge is -2.07. The molecular formula is C27H27N5O3. The van der Waals surface area contributed by atoms with E-state index in [9.17, 15) is 9.59 Å². The van der Waals surface area contributed by atoms with Crippen LogP contribution in [0.3, 0.4) is 0 Å². The number of nitrogens with two attached hydrogens (primary N) is 1. The van der Waals surface area contributed by atoms with E-state index < -0.39 is 6.09 Å². The molecule has 4 rings (SSSR count). The molecule has 0 fully saturated rings. The zero-order valence-electron chi connectivity index (χ0n) is 19.2. The minimum absolute atomic E-state index is 0.215. The van der Waals surface area contributed by atoms with Gasteiger partial charge in [-0.05, 0) is 52.9 Å². The maximum Gasteiger partial charge on any atom is 0.407 e. The standard InChI is InChI=1S/C27H27N5O3/c28-26(33)15-19-6-9-23(10-7-19)32-31-16-21-8-11-25-24(14-21)22(17-30-25)12-13-29-27(34)35-18-20-4-2-1-3-5-20/h1-11,14,16-17,30,32H,12-13,15,18H2,(H2,28,33)(H,29,34). The average molecular weight is 470 g/mol. The summed E-state index contributed by atoms with van der Waals surface area (Å²) in [7, 11) is 0. The zero-order chi connectivity index (χ0) is 24.5. The molecular weight excluding hydrogens is 442 g/mol. The molecule has 0 unspecified atom stereocenters. The van der Waals surface area contributed by atoms with Gasteiger partial charge in [-0.15, -0.1) is 0 Å². The molecule has 0 atom stereocenters. The Morgan fingerprint density at radius 3 is 2.57 bits per heavy atom.